The quantitative estimate of drug-likeness (QED) is 0.0740. The molecular weight excluding hydrogens is 472 g/mol. The van der Waals surface area contributed by atoms with E-state index in [1.807, 2.05) is 0 Å². The van der Waals surface area contributed by atoms with E-state index in [0.29, 0.717) is 0 Å². The molecule has 0 heterocycles. The first-order chi connectivity index (χ1) is 16.1. The van der Waals surface area contributed by atoms with Crippen LogP contribution in [0.5, 0.6) is 0 Å². The van der Waals surface area contributed by atoms with E-state index in [1.54, 1.807) is 0 Å². The van der Waals surface area contributed by atoms with Gasteiger partial charge >= 0.3 is 0 Å². The molecule has 0 spiro atoms. The van der Waals surface area contributed by atoms with E-state index >= 15 is 0 Å². The van der Waals surface area contributed by atoms with Crippen LogP contribution in [0.15, 0.2) is 22.2 Å². The zero-order chi connectivity index (χ0) is 24.6. The van der Waals surface area contributed by atoms with Crippen LogP contribution < -0.4 is 10.7 Å². The van der Waals surface area contributed by atoms with Crippen molar-refractivity contribution in [1.29, 1.82) is 5.26 Å². The second kappa shape index (κ2) is 6.96. The minimum absolute atomic E-state index is 0.332. The van der Waals surface area contributed by atoms with Crippen molar-refractivity contribution in [1.82, 2.24) is 0 Å². The third-order valence-electron chi connectivity index (χ3n) is 5.53. The fourth-order valence-electron chi connectivity index (χ4n) is 4.21. The molecule has 0 radical (unpaired) electrons. The number of halogens is 8. The van der Waals surface area contributed by atoms with Gasteiger partial charge in [-0.15, -0.1) is 4.95 Å². The van der Waals surface area contributed by atoms with Gasteiger partial charge in [-0.2, -0.15) is 16.8 Å². The van der Waals surface area contributed by atoms with Crippen molar-refractivity contribution in [3.05, 3.63) is 80.9 Å². The Morgan fingerprint density at radius 2 is 0.971 bits per heavy atom. The largest absolute Gasteiger partial charge is 0.206 e. The van der Waals surface area contributed by atoms with Crippen molar-refractivity contribution < 1.29 is 35.1 Å². The van der Waals surface area contributed by atoms with Gasteiger partial charge in [-0.1, -0.05) is 0 Å². The third kappa shape index (κ3) is 2.39. The van der Waals surface area contributed by atoms with Gasteiger partial charge in [0.1, 0.15) is 0 Å². The maximum Gasteiger partial charge on any atom is 0.206 e. The normalized spacial score (nSPS) is 13.0. The molecule has 166 valence electrons. The second-order valence-corrected chi connectivity index (χ2v) is 7.06. The fraction of sp³-hybridized carbons (Fsp3) is 0. The Hall–Kier alpha value is -4.58. The van der Waals surface area contributed by atoms with Crippen LogP contribution in [0.4, 0.5) is 35.1 Å². The molecule has 5 rings (SSSR count). The Morgan fingerprint density at radius 3 is 1.38 bits per heavy atom. The molecular formula is C22H2F8N4. The Balaban J connectivity index is 2.22. The van der Waals surface area contributed by atoms with E-state index in [1.165, 1.54) is 6.19 Å². The summed E-state index contributed by atoms with van der Waals surface area (Å²) in [6.45, 7) is 6.94. The smallest absolute Gasteiger partial charge is 0.203 e. The molecule has 4 nitrogen and oxygen atoms in total. The van der Waals surface area contributed by atoms with Gasteiger partial charge in [0, 0.05) is 21.5 Å². The summed E-state index contributed by atoms with van der Waals surface area (Å²) in [6.07, 6.45) is 1.30. The molecule has 0 aromatic heterocycles. The van der Waals surface area contributed by atoms with Gasteiger partial charge in [0.05, 0.1) is 21.2 Å². The van der Waals surface area contributed by atoms with E-state index in [9.17, 15) is 35.1 Å². The monoisotopic (exact) mass is 474 g/mol. The van der Waals surface area contributed by atoms with Crippen LogP contribution in [0, 0.1) is 64.6 Å². The van der Waals surface area contributed by atoms with Gasteiger partial charge < -0.3 is 0 Å². The molecule has 34 heavy (non-hydrogen) atoms. The third-order valence-corrected chi connectivity index (χ3v) is 5.53. The summed E-state index contributed by atoms with van der Waals surface area (Å²) in [4.78, 5) is 6.03. The highest BCUT2D eigenvalue weighted by molar-refractivity contribution is 6.21. The van der Waals surface area contributed by atoms with Crippen LogP contribution in [-0.4, -0.2) is 0 Å². The molecule has 0 saturated carbocycles. The van der Waals surface area contributed by atoms with Crippen molar-refractivity contribution >= 4 is 43.1 Å². The Bertz CT molecular complexity index is 1830. The maximum atomic E-state index is 14.7. The number of nitrogens with zero attached hydrogens (tertiary/aromatic N) is 4. The molecule has 0 bridgehead atoms. The van der Waals surface area contributed by atoms with Crippen molar-refractivity contribution in [2.24, 2.45) is 10.1 Å². The highest BCUT2D eigenvalue weighted by Crippen LogP contribution is 2.38. The lowest BCUT2D eigenvalue weighted by molar-refractivity contribution is 0.418. The molecule has 0 saturated heterocycles. The molecule has 0 unspecified atom stereocenters. The first kappa shape index (κ1) is 21.3. The number of hydrogen-bond acceptors (Lipinski definition) is 3. The molecule has 12 heteroatoms. The number of rotatable bonds is 0. The zero-order valence-corrected chi connectivity index (χ0v) is 16.0. The van der Waals surface area contributed by atoms with Crippen molar-refractivity contribution in [3.63, 3.8) is 0 Å². The predicted molar refractivity (Wildman–Crippen MR) is 102 cm³/mol. The molecule has 0 amide bonds. The van der Waals surface area contributed by atoms with E-state index in [4.69, 9.17) is 11.8 Å². The van der Waals surface area contributed by atoms with Gasteiger partial charge in [-0.3, -0.25) is 0 Å². The van der Waals surface area contributed by atoms with Gasteiger partial charge in [0.2, 0.25) is 6.19 Å². The minimum atomic E-state index is -2.17. The summed E-state index contributed by atoms with van der Waals surface area (Å²) in [5.74, 6) is -16.1. The highest BCUT2D eigenvalue weighted by atomic mass is 19.2. The molecule has 0 atom stereocenters. The standard InChI is InChI=1S/C22H2F8N4/c1-32-34-22-8-3-5-7(2-6(8)10-12(22)16(26)20(30)18(28)14(10)24)21(33-4-31)11-9(5)13(23)17(27)19(29)15(11)25/h2-3H/b33-21?,34-22+. The van der Waals surface area contributed by atoms with E-state index in [0.717, 1.165) is 12.1 Å². The lowest BCUT2D eigenvalue weighted by Gasteiger charge is -2.01. The van der Waals surface area contributed by atoms with Crippen LogP contribution in [0.1, 0.15) is 0 Å². The minimum Gasteiger partial charge on any atom is -0.203 e. The lowest BCUT2D eigenvalue weighted by Crippen LogP contribution is -2.04. The van der Waals surface area contributed by atoms with Gasteiger partial charge in [-0.05, 0) is 22.9 Å². The first-order valence-corrected chi connectivity index (χ1v) is 8.98. The molecule has 0 aliphatic rings. The van der Waals surface area contributed by atoms with Crippen LogP contribution in [0.25, 0.3) is 48.0 Å². The van der Waals surface area contributed by atoms with Crippen LogP contribution in [0.3, 0.4) is 0 Å². The van der Waals surface area contributed by atoms with Crippen LogP contribution in [-0.2, 0) is 0 Å². The number of fused-ring (bicyclic) bond motifs is 6. The summed E-state index contributed by atoms with van der Waals surface area (Å²) in [7, 11) is 0. The average molecular weight is 474 g/mol. The average Bonchev–Trinajstić information content (AvgIpc) is 3.30. The van der Waals surface area contributed by atoms with Gasteiger partial charge in [0.25, 0.3) is 0 Å². The van der Waals surface area contributed by atoms with Crippen LogP contribution in [0.2, 0.25) is 0 Å². The predicted octanol–water partition coefficient (Wildman–Crippen LogP) is 5.40. The molecule has 5 aromatic carbocycles. The molecule has 0 N–H and O–H groups in total. The van der Waals surface area contributed by atoms with Crippen molar-refractivity contribution in [2.75, 3.05) is 0 Å². The van der Waals surface area contributed by atoms with Gasteiger partial charge in [0.15, 0.2) is 51.9 Å². The summed E-state index contributed by atoms with van der Waals surface area (Å²) in [6, 6.07) is 1.81. The summed E-state index contributed by atoms with van der Waals surface area (Å²) >= 11 is 0. The van der Waals surface area contributed by atoms with Crippen molar-refractivity contribution in [3.8, 4) is 6.19 Å². The molecule has 0 fully saturated rings. The summed E-state index contributed by atoms with van der Waals surface area (Å²) in [5.41, 5.74) is 0. The van der Waals surface area contributed by atoms with Crippen molar-refractivity contribution in [2.45, 2.75) is 0 Å². The van der Waals surface area contributed by atoms with E-state index < -0.39 is 78.8 Å². The summed E-state index contributed by atoms with van der Waals surface area (Å²) in [5, 5.41) is 6.06. The SMILES string of the molecule is [C-]#[N+]/N=c1\c2cc3c(cc2c2c(F)c(F)c(F)c(F)c12)c(=NC#N)c1c(F)c(F)c(F)c(F)c13. The van der Waals surface area contributed by atoms with Crippen LogP contribution >= 0.6 is 0 Å². The number of benzene rings is 3. The second-order valence-electron chi connectivity index (χ2n) is 7.06. The maximum absolute atomic E-state index is 14.7. The van der Waals surface area contributed by atoms with Gasteiger partial charge in [-0.25, -0.2) is 35.1 Å². The van der Waals surface area contributed by atoms with E-state index in [2.05, 4.69) is 15.0 Å². The topological polar surface area (TPSA) is 52.9 Å². The first-order valence-electron chi connectivity index (χ1n) is 8.98. The highest BCUT2D eigenvalue weighted by Gasteiger charge is 2.29. The Morgan fingerprint density at radius 1 is 0.588 bits per heavy atom. The fourth-order valence-corrected chi connectivity index (χ4v) is 4.21. The zero-order valence-electron chi connectivity index (χ0n) is 16.0. The number of nitriles is 1. The lowest BCUT2D eigenvalue weighted by atomic mass is 10.1. The Kier molecular flexibility index (Phi) is 4.35. The molecule has 0 aliphatic carbocycles. The molecule has 5 aromatic rings. The summed E-state index contributed by atoms with van der Waals surface area (Å²) < 4.78 is 114. The number of hydrogen-bond donors (Lipinski definition) is 0. The Labute approximate surface area is 181 Å². The van der Waals surface area contributed by atoms with E-state index in [-0.39, 0.29) is 21.5 Å². The molecule has 0 aliphatic heterocycles.